The summed E-state index contributed by atoms with van der Waals surface area (Å²) in [7, 11) is 0. The molecule has 5 nitrogen and oxygen atoms in total. The van der Waals surface area contributed by atoms with Crippen LogP contribution in [0.4, 0.5) is 11.5 Å². The summed E-state index contributed by atoms with van der Waals surface area (Å²) in [6.07, 6.45) is 2.24. The molecule has 138 valence electrons. The Balaban J connectivity index is 1.65. The Morgan fingerprint density at radius 2 is 1.81 bits per heavy atom. The lowest BCUT2D eigenvalue weighted by molar-refractivity contribution is 0.0983. The summed E-state index contributed by atoms with van der Waals surface area (Å²) >= 11 is 5.90. The number of carbonyl (C=O) groups is 1. The molecule has 0 atom stereocenters. The van der Waals surface area contributed by atoms with Gasteiger partial charge in [0.1, 0.15) is 17.8 Å². The van der Waals surface area contributed by atoms with Gasteiger partial charge in [-0.15, -0.1) is 0 Å². The van der Waals surface area contributed by atoms with Crippen molar-refractivity contribution in [3.8, 4) is 0 Å². The molecule has 0 saturated carbocycles. The van der Waals surface area contributed by atoms with Crippen molar-refractivity contribution in [1.29, 1.82) is 0 Å². The van der Waals surface area contributed by atoms with E-state index in [1.807, 2.05) is 61.5 Å². The van der Waals surface area contributed by atoms with Gasteiger partial charge < -0.3 is 10.2 Å². The molecule has 6 heteroatoms. The molecule has 0 radical (unpaired) electrons. The van der Waals surface area contributed by atoms with Gasteiger partial charge in [0.2, 0.25) is 0 Å². The van der Waals surface area contributed by atoms with Crippen molar-refractivity contribution in [2.45, 2.75) is 13.3 Å². The molecule has 1 aromatic heterocycles. The van der Waals surface area contributed by atoms with E-state index in [1.54, 1.807) is 11.0 Å². The molecule has 2 aromatic carbocycles. The molecule has 0 bridgehead atoms. The van der Waals surface area contributed by atoms with Crippen LogP contribution in [-0.4, -0.2) is 29.0 Å². The van der Waals surface area contributed by atoms with Crippen LogP contribution in [0.5, 0.6) is 0 Å². The van der Waals surface area contributed by atoms with Gasteiger partial charge in [0.15, 0.2) is 0 Å². The fraction of sp³-hybridized carbons (Fsp3) is 0.190. The molecule has 0 aliphatic rings. The zero-order chi connectivity index (χ0) is 19.1. The second-order valence-corrected chi connectivity index (χ2v) is 6.41. The highest BCUT2D eigenvalue weighted by molar-refractivity contribution is 6.30. The zero-order valence-corrected chi connectivity index (χ0v) is 15.9. The Bertz CT molecular complexity index is 884. The van der Waals surface area contributed by atoms with Crippen molar-refractivity contribution in [1.82, 2.24) is 9.97 Å². The lowest BCUT2D eigenvalue weighted by Crippen LogP contribution is -2.31. The summed E-state index contributed by atoms with van der Waals surface area (Å²) in [5.41, 5.74) is 2.39. The Morgan fingerprint density at radius 1 is 1.07 bits per heavy atom. The number of nitrogens with zero attached hydrogens (tertiary/aromatic N) is 3. The number of anilines is 2. The topological polar surface area (TPSA) is 58.1 Å². The summed E-state index contributed by atoms with van der Waals surface area (Å²) < 4.78 is 0. The Hall–Kier alpha value is -2.92. The van der Waals surface area contributed by atoms with Crippen LogP contribution in [0.15, 0.2) is 67.0 Å². The first kappa shape index (κ1) is 18.9. The van der Waals surface area contributed by atoms with Gasteiger partial charge in [0.25, 0.3) is 5.91 Å². The molecule has 1 amide bonds. The lowest BCUT2D eigenvalue weighted by Gasteiger charge is -2.20. The summed E-state index contributed by atoms with van der Waals surface area (Å²) in [6, 6.07) is 19.0. The molecule has 0 spiro atoms. The maximum absolute atomic E-state index is 12.9. The molecule has 3 aromatic rings. The first-order chi connectivity index (χ1) is 13.2. The second kappa shape index (κ2) is 9.14. The lowest BCUT2D eigenvalue weighted by atomic mass is 10.1. The molecular weight excluding hydrogens is 360 g/mol. The fourth-order valence-electron chi connectivity index (χ4n) is 2.75. The normalized spacial score (nSPS) is 10.4. The van der Waals surface area contributed by atoms with Crippen LogP contribution < -0.4 is 10.2 Å². The minimum atomic E-state index is -0.146. The van der Waals surface area contributed by atoms with E-state index in [1.165, 1.54) is 11.9 Å². The second-order valence-electron chi connectivity index (χ2n) is 5.98. The quantitative estimate of drug-likeness (QED) is 0.657. The molecule has 0 saturated heterocycles. The number of para-hydroxylation sites is 1. The minimum absolute atomic E-state index is 0.146. The van der Waals surface area contributed by atoms with Crippen LogP contribution in [0.2, 0.25) is 5.02 Å². The minimum Gasteiger partial charge on any atom is -0.370 e. The van der Waals surface area contributed by atoms with Crippen LogP contribution in [0.25, 0.3) is 0 Å². The Labute approximate surface area is 164 Å². The van der Waals surface area contributed by atoms with Gasteiger partial charge in [0.05, 0.1) is 0 Å². The van der Waals surface area contributed by atoms with E-state index in [0.29, 0.717) is 24.6 Å². The molecule has 27 heavy (non-hydrogen) atoms. The van der Waals surface area contributed by atoms with Crippen LogP contribution in [0.3, 0.4) is 0 Å². The van der Waals surface area contributed by atoms with Gasteiger partial charge in [-0.3, -0.25) is 4.79 Å². The third-order valence-corrected chi connectivity index (χ3v) is 4.40. The van der Waals surface area contributed by atoms with Crippen molar-refractivity contribution >= 4 is 29.0 Å². The number of aromatic nitrogens is 2. The van der Waals surface area contributed by atoms with Crippen molar-refractivity contribution in [2.24, 2.45) is 0 Å². The SMILES string of the molecule is CCN(C(=O)c1cc(NCCc2ccc(Cl)cc2)ncn1)c1ccccc1. The number of carbonyl (C=O) groups excluding carboxylic acids is 1. The number of hydrogen-bond acceptors (Lipinski definition) is 4. The summed E-state index contributed by atoms with van der Waals surface area (Å²) in [6.45, 7) is 3.20. The van der Waals surface area contributed by atoms with Gasteiger partial charge in [-0.25, -0.2) is 9.97 Å². The number of benzene rings is 2. The van der Waals surface area contributed by atoms with E-state index in [0.717, 1.165) is 17.1 Å². The van der Waals surface area contributed by atoms with Crippen LogP contribution >= 0.6 is 11.6 Å². The van der Waals surface area contributed by atoms with E-state index in [9.17, 15) is 4.79 Å². The largest absolute Gasteiger partial charge is 0.370 e. The molecule has 0 aliphatic carbocycles. The highest BCUT2D eigenvalue weighted by Gasteiger charge is 2.17. The van der Waals surface area contributed by atoms with E-state index in [2.05, 4.69) is 15.3 Å². The van der Waals surface area contributed by atoms with Crippen molar-refractivity contribution < 1.29 is 4.79 Å². The highest BCUT2D eigenvalue weighted by Crippen LogP contribution is 2.17. The zero-order valence-electron chi connectivity index (χ0n) is 15.1. The monoisotopic (exact) mass is 380 g/mol. The smallest absolute Gasteiger partial charge is 0.277 e. The molecule has 0 unspecified atom stereocenters. The summed E-state index contributed by atoms with van der Waals surface area (Å²) in [4.78, 5) is 22.9. The maximum Gasteiger partial charge on any atom is 0.277 e. The number of nitrogens with one attached hydrogen (secondary N) is 1. The molecule has 3 rings (SSSR count). The first-order valence-electron chi connectivity index (χ1n) is 8.84. The fourth-order valence-corrected chi connectivity index (χ4v) is 2.87. The summed E-state index contributed by atoms with van der Waals surface area (Å²) in [5, 5.41) is 3.97. The number of hydrogen-bond donors (Lipinski definition) is 1. The Morgan fingerprint density at radius 3 is 2.52 bits per heavy atom. The number of rotatable bonds is 7. The standard InChI is InChI=1S/C21H21ClN4O/c1-2-26(18-6-4-3-5-7-18)21(27)19-14-20(25-15-24-19)23-13-12-16-8-10-17(22)11-9-16/h3-11,14-15H,2,12-13H2,1H3,(H,23,24,25). The Kier molecular flexibility index (Phi) is 6.39. The van der Waals surface area contributed by atoms with Crippen molar-refractivity contribution in [2.75, 3.05) is 23.3 Å². The van der Waals surface area contributed by atoms with Crippen LogP contribution in [-0.2, 0) is 6.42 Å². The predicted molar refractivity (Wildman–Crippen MR) is 109 cm³/mol. The molecule has 1 N–H and O–H groups in total. The molecule has 1 heterocycles. The van der Waals surface area contributed by atoms with Crippen LogP contribution in [0.1, 0.15) is 23.0 Å². The predicted octanol–water partition coefficient (Wildman–Crippen LogP) is 4.45. The molecule has 0 aliphatic heterocycles. The number of amides is 1. The molecule has 0 fully saturated rings. The third kappa shape index (κ3) is 5.05. The average Bonchev–Trinajstić information content (AvgIpc) is 2.71. The first-order valence-corrected chi connectivity index (χ1v) is 9.22. The highest BCUT2D eigenvalue weighted by atomic mass is 35.5. The van der Waals surface area contributed by atoms with Gasteiger partial charge >= 0.3 is 0 Å². The maximum atomic E-state index is 12.9. The van der Waals surface area contributed by atoms with E-state index >= 15 is 0 Å². The summed E-state index contributed by atoms with van der Waals surface area (Å²) in [5.74, 6) is 0.485. The number of halogens is 1. The molecular formula is C21H21ClN4O. The van der Waals surface area contributed by atoms with Gasteiger partial charge in [0, 0.05) is 29.9 Å². The van der Waals surface area contributed by atoms with Crippen LogP contribution in [0, 0.1) is 0 Å². The average molecular weight is 381 g/mol. The van der Waals surface area contributed by atoms with Gasteiger partial charge in [-0.1, -0.05) is 41.9 Å². The third-order valence-electron chi connectivity index (χ3n) is 4.15. The van der Waals surface area contributed by atoms with Crippen molar-refractivity contribution in [3.05, 3.63) is 83.3 Å². The van der Waals surface area contributed by atoms with E-state index in [4.69, 9.17) is 11.6 Å². The van der Waals surface area contributed by atoms with Crippen molar-refractivity contribution in [3.63, 3.8) is 0 Å². The van der Waals surface area contributed by atoms with E-state index < -0.39 is 0 Å². The van der Waals surface area contributed by atoms with Gasteiger partial charge in [-0.2, -0.15) is 0 Å². The van der Waals surface area contributed by atoms with E-state index in [-0.39, 0.29) is 5.91 Å². The van der Waals surface area contributed by atoms with Gasteiger partial charge in [-0.05, 0) is 43.2 Å².